The molecule has 2 heterocycles. The molecule has 1 fully saturated rings. The minimum absolute atomic E-state index is 0.00325. The van der Waals surface area contributed by atoms with Crippen LogP contribution in [0.15, 0.2) is 6.20 Å². The monoisotopic (exact) mass is 267 g/mol. The number of hydrogen-bond acceptors (Lipinski definition) is 5. The van der Waals surface area contributed by atoms with Crippen LogP contribution in [-0.4, -0.2) is 58.1 Å². The Morgan fingerprint density at radius 3 is 3.11 bits per heavy atom. The van der Waals surface area contributed by atoms with E-state index in [2.05, 4.69) is 15.6 Å². The molecule has 19 heavy (non-hydrogen) atoms. The van der Waals surface area contributed by atoms with E-state index in [4.69, 9.17) is 4.74 Å². The molecule has 0 spiro atoms. The molecule has 1 aliphatic rings. The predicted octanol–water partition coefficient (Wildman–Crippen LogP) is -0.593. The van der Waals surface area contributed by atoms with Gasteiger partial charge >= 0.3 is 6.09 Å². The number of aromatic nitrogens is 3. The Kier molecular flexibility index (Phi) is 3.98. The number of likely N-dealkylation sites (N-methyl/N-ethyl adjacent to an activating group) is 1. The molecule has 1 aliphatic heterocycles. The van der Waals surface area contributed by atoms with Gasteiger partial charge in [0.25, 0.3) is 0 Å². The standard InChI is InChI=1S/C11H17N5O3/c1-3-15(2)10(17)4-8-6-16(14-13-8)7-9-5-12-11(18)19-9/h6,9H,3-5,7H2,1-2H3,(H,12,18). The first-order chi connectivity index (χ1) is 9.08. The fourth-order valence-electron chi connectivity index (χ4n) is 1.72. The van der Waals surface area contributed by atoms with Crippen molar-refractivity contribution in [3.63, 3.8) is 0 Å². The number of cyclic esters (lactones) is 1. The Morgan fingerprint density at radius 1 is 1.68 bits per heavy atom. The third-order valence-electron chi connectivity index (χ3n) is 2.96. The first-order valence-corrected chi connectivity index (χ1v) is 6.16. The van der Waals surface area contributed by atoms with E-state index in [1.54, 1.807) is 22.8 Å². The van der Waals surface area contributed by atoms with Crippen LogP contribution in [0.1, 0.15) is 12.6 Å². The van der Waals surface area contributed by atoms with Gasteiger partial charge in [-0.3, -0.25) is 4.79 Å². The van der Waals surface area contributed by atoms with Crippen molar-refractivity contribution in [2.45, 2.75) is 26.0 Å². The second-order valence-electron chi connectivity index (χ2n) is 4.42. The van der Waals surface area contributed by atoms with Crippen molar-refractivity contribution in [1.29, 1.82) is 0 Å². The lowest BCUT2D eigenvalue weighted by atomic mass is 10.3. The molecule has 0 radical (unpaired) electrons. The van der Waals surface area contributed by atoms with Crippen molar-refractivity contribution >= 4 is 12.0 Å². The number of nitrogens with one attached hydrogen (secondary N) is 1. The molecule has 0 bridgehead atoms. The lowest BCUT2D eigenvalue weighted by Crippen LogP contribution is -2.27. The van der Waals surface area contributed by atoms with Crippen LogP contribution in [0, 0.1) is 0 Å². The number of amides is 2. The molecule has 1 unspecified atom stereocenters. The highest BCUT2D eigenvalue weighted by Crippen LogP contribution is 2.04. The zero-order chi connectivity index (χ0) is 13.8. The van der Waals surface area contributed by atoms with Gasteiger partial charge in [-0.15, -0.1) is 5.10 Å². The minimum Gasteiger partial charge on any atom is -0.442 e. The quantitative estimate of drug-likeness (QED) is 0.770. The largest absolute Gasteiger partial charge is 0.442 e. The lowest BCUT2D eigenvalue weighted by molar-refractivity contribution is -0.129. The third-order valence-corrected chi connectivity index (χ3v) is 2.96. The number of rotatable bonds is 5. The number of alkyl carbamates (subject to hydrolysis) is 1. The fourth-order valence-corrected chi connectivity index (χ4v) is 1.72. The van der Waals surface area contributed by atoms with E-state index in [0.717, 1.165) is 0 Å². The molecule has 1 saturated heterocycles. The average Bonchev–Trinajstić information content (AvgIpc) is 2.98. The topological polar surface area (TPSA) is 89.4 Å². The highest BCUT2D eigenvalue weighted by molar-refractivity contribution is 5.77. The van der Waals surface area contributed by atoms with Crippen LogP contribution in [0.25, 0.3) is 0 Å². The Labute approximate surface area is 110 Å². The van der Waals surface area contributed by atoms with E-state index >= 15 is 0 Å². The summed E-state index contributed by atoms with van der Waals surface area (Å²) in [4.78, 5) is 24.2. The van der Waals surface area contributed by atoms with Crippen LogP contribution in [0.2, 0.25) is 0 Å². The summed E-state index contributed by atoms with van der Waals surface area (Å²) in [7, 11) is 1.75. The summed E-state index contributed by atoms with van der Waals surface area (Å²) >= 11 is 0. The molecule has 0 saturated carbocycles. The van der Waals surface area contributed by atoms with Crippen molar-refractivity contribution in [2.75, 3.05) is 20.1 Å². The molecule has 1 atom stereocenters. The predicted molar refractivity (Wildman–Crippen MR) is 65.3 cm³/mol. The number of hydrogen-bond donors (Lipinski definition) is 1. The van der Waals surface area contributed by atoms with E-state index in [9.17, 15) is 9.59 Å². The molecule has 8 nitrogen and oxygen atoms in total. The van der Waals surface area contributed by atoms with Crippen LogP contribution >= 0.6 is 0 Å². The maximum absolute atomic E-state index is 11.7. The van der Waals surface area contributed by atoms with Gasteiger partial charge in [0.15, 0.2) is 0 Å². The normalized spacial score (nSPS) is 18.0. The molecule has 104 valence electrons. The summed E-state index contributed by atoms with van der Waals surface area (Å²) in [5, 5.41) is 10.4. The number of carbonyl (C=O) groups excluding carboxylic acids is 2. The zero-order valence-electron chi connectivity index (χ0n) is 11.0. The number of carbonyl (C=O) groups is 2. The van der Waals surface area contributed by atoms with E-state index in [1.807, 2.05) is 6.92 Å². The van der Waals surface area contributed by atoms with E-state index in [0.29, 0.717) is 25.3 Å². The zero-order valence-corrected chi connectivity index (χ0v) is 11.0. The second-order valence-corrected chi connectivity index (χ2v) is 4.42. The summed E-state index contributed by atoms with van der Waals surface area (Å²) in [6.45, 7) is 3.47. The third kappa shape index (κ3) is 3.43. The highest BCUT2D eigenvalue weighted by atomic mass is 16.6. The van der Waals surface area contributed by atoms with Gasteiger partial charge in [-0.05, 0) is 6.92 Å². The van der Waals surface area contributed by atoms with Crippen molar-refractivity contribution in [3.8, 4) is 0 Å². The molecular formula is C11H17N5O3. The Bertz CT molecular complexity index is 473. The van der Waals surface area contributed by atoms with Gasteiger partial charge in [0, 0.05) is 19.8 Å². The van der Waals surface area contributed by atoms with Gasteiger partial charge in [0.1, 0.15) is 6.10 Å². The van der Waals surface area contributed by atoms with Gasteiger partial charge in [-0.25, -0.2) is 9.48 Å². The second kappa shape index (κ2) is 5.68. The lowest BCUT2D eigenvalue weighted by Gasteiger charge is -2.12. The summed E-state index contributed by atoms with van der Waals surface area (Å²) in [6, 6.07) is 0. The Hall–Kier alpha value is -2.12. The van der Waals surface area contributed by atoms with Gasteiger partial charge in [0.2, 0.25) is 5.91 Å². The molecular weight excluding hydrogens is 250 g/mol. The number of nitrogens with zero attached hydrogens (tertiary/aromatic N) is 4. The molecule has 0 aliphatic carbocycles. The fraction of sp³-hybridized carbons (Fsp3) is 0.636. The molecule has 1 aromatic rings. The van der Waals surface area contributed by atoms with Crippen LogP contribution in [-0.2, 0) is 22.5 Å². The van der Waals surface area contributed by atoms with Crippen molar-refractivity contribution in [2.24, 2.45) is 0 Å². The number of ether oxygens (including phenoxy) is 1. The van der Waals surface area contributed by atoms with Crippen molar-refractivity contribution < 1.29 is 14.3 Å². The molecule has 1 N–H and O–H groups in total. The molecule has 2 amide bonds. The smallest absolute Gasteiger partial charge is 0.407 e. The minimum atomic E-state index is -0.412. The first kappa shape index (κ1) is 13.3. The molecule has 0 aromatic carbocycles. The Balaban J connectivity index is 1.88. The summed E-state index contributed by atoms with van der Waals surface area (Å²) in [5.41, 5.74) is 0.614. The highest BCUT2D eigenvalue weighted by Gasteiger charge is 2.23. The van der Waals surface area contributed by atoms with Crippen molar-refractivity contribution in [3.05, 3.63) is 11.9 Å². The first-order valence-electron chi connectivity index (χ1n) is 6.16. The van der Waals surface area contributed by atoms with Crippen LogP contribution in [0.3, 0.4) is 0 Å². The van der Waals surface area contributed by atoms with Gasteiger partial charge in [-0.2, -0.15) is 0 Å². The maximum atomic E-state index is 11.7. The molecule has 1 aromatic heterocycles. The average molecular weight is 267 g/mol. The summed E-state index contributed by atoms with van der Waals surface area (Å²) in [5.74, 6) is 0.00325. The van der Waals surface area contributed by atoms with Crippen LogP contribution < -0.4 is 5.32 Å². The van der Waals surface area contributed by atoms with E-state index in [-0.39, 0.29) is 18.4 Å². The van der Waals surface area contributed by atoms with Gasteiger partial charge in [-0.1, -0.05) is 5.21 Å². The van der Waals surface area contributed by atoms with Crippen molar-refractivity contribution in [1.82, 2.24) is 25.2 Å². The van der Waals surface area contributed by atoms with Gasteiger partial charge in [0.05, 0.1) is 25.2 Å². The van der Waals surface area contributed by atoms with E-state index < -0.39 is 6.09 Å². The maximum Gasteiger partial charge on any atom is 0.407 e. The molecule has 8 heteroatoms. The Morgan fingerprint density at radius 2 is 2.47 bits per heavy atom. The summed E-state index contributed by atoms with van der Waals surface area (Å²) < 4.78 is 6.58. The van der Waals surface area contributed by atoms with E-state index in [1.165, 1.54) is 0 Å². The van der Waals surface area contributed by atoms with Gasteiger partial charge < -0.3 is 15.0 Å². The van der Waals surface area contributed by atoms with Crippen LogP contribution in [0.5, 0.6) is 0 Å². The van der Waals surface area contributed by atoms with Crippen LogP contribution in [0.4, 0.5) is 4.79 Å². The molecule has 2 rings (SSSR count). The SMILES string of the molecule is CCN(C)C(=O)Cc1cn(CC2CNC(=O)O2)nn1. The summed E-state index contributed by atoms with van der Waals surface area (Å²) in [6.07, 6.45) is 1.28.